The van der Waals surface area contributed by atoms with Gasteiger partial charge in [0.25, 0.3) is 0 Å². The number of nitrogens with one attached hydrogen (secondary N) is 1. The van der Waals surface area contributed by atoms with Gasteiger partial charge in [0.15, 0.2) is 5.75 Å². The van der Waals surface area contributed by atoms with E-state index in [4.69, 9.17) is 22.1 Å². The second-order valence-corrected chi connectivity index (χ2v) is 7.67. The molecule has 0 saturated heterocycles. The van der Waals surface area contributed by atoms with Gasteiger partial charge in [-0.25, -0.2) is 4.98 Å². The van der Waals surface area contributed by atoms with Crippen LogP contribution in [0.3, 0.4) is 0 Å². The third kappa shape index (κ3) is 3.95. The minimum absolute atomic E-state index is 0.216. The Morgan fingerprint density at radius 3 is 2.79 bits per heavy atom. The number of aryl methyl sites for hydroxylation is 1. The van der Waals surface area contributed by atoms with Gasteiger partial charge in [-0.1, -0.05) is 23.7 Å². The first kappa shape index (κ1) is 18.7. The third-order valence-electron chi connectivity index (χ3n) is 3.99. The Kier molecular flexibility index (Phi) is 5.19. The minimum Gasteiger partial charge on any atom is -0.454 e. The number of ether oxygens (including phenoxy) is 1. The van der Waals surface area contributed by atoms with Crippen molar-refractivity contribution in [2.24, 2.45) is 0 Å². The van der Waals surface area contributed by atoms with E-state index in [1.165, 1.54) is 0 Å². The van der Waals surface area contributed by atoms with E-state index in [1.54, 1.807) is 18.5 Å². The van der Waals surface area contributed by atoms with Crippen LogP contribution in [0, 0.1) is 10.5 Å². The molecule has 6 nitrogen and oxygen atoms in total. The Hall–Kier alpha value is -2.65. The van der Waals surface area contributed by atoms with E-state index < -0.39 is 0 Å². The molecule has 0 amide bonds. The number of nitrogens with two attached hydrogens (primary N) is 1. The zero-order valence-corrected chi connectivity index (χ0v) is 17.7. The van der Waals surface area contributed by atoms with E-state index in [0.29, 0.717) is 16.6 Å². The summed E-state index contributed by atoms with van der Waals surface area (Å²) in [5.74, 6) is 2.14. The maximum Gasteiger partial charge on any atom is 0.222 e. The van der Waals surface area contributed by atoms with Gasteiger partial charge in [-0.3, -0.25) is 4.98 Å². The SMILES string of the molecule is Cc1cc(Nc2cc(Cl)c(Oc3cccc4cnccc34)c(I)c2)nc(N)n1. The Labute approximate surface area is 180 Å². The summed E-state index contributed by atoms with van der Waals surface area (Å²) in [6.45, 7) is 1.86. The zero-order chi connectivity index (χ0) is 19.7. The molecule has 0 aliphatic heterocycles. The fraction of sp³-hybridized carbons (Fsp3) is 0.0500. The van der Waals surface area contributed by atoms with Gasteiger partial charge in [0, 0.05) is 40.6 Å². The quantitative estimate of drug-likeness (QED) is 0.347. The van der Waals surface area contributed by atoms with Crippen LogP contribution in [0.15, 0.2) is 54.9 Å². The summed E-state index contributed by atoms with van der Waals surface area (Å²) < 4.78 is 7.01. The van der Waals surface area contributed by atoms with Crippen LogP contribution >= 0.6 is 34.2 Å². The number of hydrogen-bond acceptors (Lipinski definition) is 6. The van der Waals surface area contributed by atoms with Crippen molar-refractivity contribution in [3.8, 4) is 11.5 Å². The summed E-state index contributed by atoms with van der Waals surface area (Å²) in [6, 6.07) is 13.3. The van der Waals surface area contributed by atoms with Crippen molar-refractivity contribution in [2.45, 2.75) is 6.92 Å². The first-order chi connectivity index (χ1) is 13.5. The predicted octanol–water partition coefficient (Wildman–Crippen LogP) is 5.71. The largest absolute Gasteiger partial charge is 0.454 e. The number of benzene rings is 2. The van der Waals surface area contributed by atoms with Crippen molar-refractivity contribution in [3.63, 3.8) is 0 Å². The van der Waals surface area contributed by atoms with E-state index in [1.807, 2.05) is 43.3 Å². The van der Waals surface area contributed by atoms with Crippen molar-refractivity contribution in [2.75, 3.05) is 11.1 Å². The van der Waals surface area contributed by atoms with Gasteiger partial charge in [0.05, 0.1) is 8.59 Å². The fourth-order valence-electron chi connectivity index (χ4n) is 2.82. The van der Waals surface area contributed by atoms with Gasteiger partial charge in [-0.05, 0) is 53.8 Å². The monoisotopic (exact) mass is 503 g/mol. The Bertz CT molecular complexity index is 1140. The molecule has 140 valence electrons. The number of pyridine rings is 1. The molecule has 0 aliphatic carbocycles. The van der Waals surface area contributed by atoms with Crippen LogP contribution in [0.4, 0.5) is 17.5 Å². The topological polar surface area (TPSA) is 86.0 Å². The molecular weight excluding hydrogens is 489 g/mol. The number of rotatable bonds is 4. The average Bonchev–Trinajstić information content (AvgIpc) is 2.64. The summed E-state index contributed by atoms with van der Waals surface area (Å²) in [6.07, 6.45) is 3.54. The normalized spacial score (nSPS) is 10.8. The minimum atomic E-state index is 0.216. The lowest BCUT2D eigenvalue weighted by Crippen LogP contribution is -2.01. The second-order valence-electron chi connectivity index (χ2n) is 6.10. The first-order valence-electron chi connectivity index (χ1n) is 8.37. The summed E-state index contributed by atoms with van der Waals surface area (Å²) in [4.78, 5) is 12.4. The molecule has 0 aliphatic rings. The Morgan fingerprint density at radius 2 is 2.00 bits per heavy atom. The van der Waals surface area contributed by atoms with Gasteiger partial charge in [-0.15, -0.1) is 0 Å². The highest BCUT2D eigenvalue weighted by Crippen LogP contribution is 2.39. The molecule has 2 aromatic heterocycles. The highest BCUT2D eigenvalue weighted by Gasteiger charge is 2.13. The van der Waals surface area contributed by atoms with Crippen molar-refractivity contribution >= 4 is 62.4 Å². The molecule has 0 bridgehead atoms. The van der Waals surface area contributed by atoms with Crippen LogP contribution in [0.5, 0.6) is 11.5 Å². The fourth-order valence-corrected chi connectivity index (χ4v) is 3.98. The molecule has 2 heterocycles. The predicted molar refractivity (Wildman–Crippen MR) is 120 cm³/mol. The van der Waals surface area contributed by atoms with Crippen LogP contribution in [0.1, 0.15) is 5.69 Å². The molecule has 28 heavy (non-hydrogen) atoms. The Morgan fingerprint density at radius 1 is 1.14 bits per heavy atom. The number of nitrogen functional groups attached to an aromatic ring is 1. The number of anilines is 3. The van der Waals surface area contributed by atoms with Crippen molar-refractivity contribution < 1.29 is 4.74 Å². The lowest BCUT2D eigenvalue weighted by Gasteiger charge is -2.14. The van der Waals surface area contributed by atoms with Gasteiger partial charge < -0.3 is 15.8 Å². The van der Waals surface area contributed by atoms with Gasteiger partial charge in [0.1, 0.15) is 11.6 Å². The van der Waals surface area contributed by atoms with E-state index in [-0.39, 0.29) is 5.95 Å². The lowest BCUT2D eigenvalue weighted by molar-refractivity contribution is 0.485. The zero-order valence-electron chi connectivity index (χ0n) is 14.8. The average molecular weight is 504 g/mol. The second kappa shape index (κ2) is 7.76. The van der Waals surface area contributed by atoms with E-state index in [2.05, 4.69) is 42.9 Å². The molecule has 2 aromatic carbocycles. The molecule has 4 rings (SSSR count). The number of hydrogen-bond donors (Lipinski definition) is 2. The van der Waals surface area contributed by atoms with Gasteiger partial charge in [-0.2, -0.15) is 4.98 Å². The van der Waals surface area contributed by atoms with Crippen molar-refractivity contribution in [1.29, 1.82) is 0 Å². The van der Waals surface area contributed by atoms with Crippen LogP contribution < -0.4 is 15.8 Å². The van der Waals surface area contributed by atoms with Gasteiger partial charge >= 0.3 is 0 Å². The maximum atomic E-state index is 6.52. The highest BCUT2D eigenvalue weighted by molar-refractivity contribution is 14.1. The lowest BCUT2D eigenvalue weighted by atomic mass is 10.1. The number of halogens is 2. The molecule has 4 aromatic rings. The van der Waals surface area contributed by atoms with E-state index in [9.17, 15) is 0 Å². The summed E-state index contributed by atoms with van der Waals surface area (Å²) in [5.41, 5.74) is 7.27. The van der Waals surface area contributed by atoms with Crippen LogP contribution in [0.2, 0.25) is 5.02 Å². The highest BCUT2D eigenvalue weighted by atomic mass is 127. The summed E-state index contributed by atoms with van der Waals surface area (Å²) in [5, 5.41) is 5.66. The number of nitrogens with zero attached hydrogens (tertiary/aromatic N) is 3. The molecule has 8 heteroatoms. The standard InChI is InChI=1S/C20H15ClIN5O/c1-11-7-18(27-20(23)25-11)26-13-8-15(21)19(16(22)9-13)28-17-4-2-3-12-10-24-6-5-14(12)17/h2-10H,1H3,(H3,23,25,26,27). The number of aromatic nitrogens is 3. The van der Waals surface area contributed by atoms with Gasteiger partial charge in [0.2, 0.25) is 5.95 Å². The van der Waals surface area contributed by atoms with E-state index >= 15 is 0 Å². The molecule has 0 saturated carbocycles. The molecular formula is C20H15ClIN5O. The van der Waals surface area contributed by atoms with Crippen LogP contribution in [0.25, 0.3) is 10.8 Å². The Balaban J connectivity index is 1.66. The molecule has 0 spiro atoms. The summed E-state index contributed by atoms with van der Waals surface area (Å²) in [7, 11) is 0. The van der Waals surface area contributed by atoms with Crippen molar-refractivity contribution in [1.82, 2.24) is 15.0 Å². The molecule has 0 radical (unpaired) electrons. The summed E-state index contributed by atoms with van der Waals surface area (Å²) >= 11 is 8.72. The maximum absolute atomic E-state index is 6.52. The van der Waals surface area contributed by atoms with E-state index in [0.717, 1.165) is 31.5 Å². The smallest absolute Gasteiger partial charge is 0.222 e. The van der Waals surface area contributed by atoms with Crippen molar-refractivity contribution in [3.05, 3.63) is 69.1 Å². The number of fused-ring (bicyclic) bond motifs is 1. The first-order valence-corrected chi connectivity index (χ1v) is 9.83. The van der Waals surface area contributed by atoms with Crippen LogP contribution in [-0.4, -0.2) is 15.0 Å². The van der Waals surface area contributed by atoms with Crippen LogP contribution in [-0.2, 0) is 0 Å². The third-order valence-corrected chi connectivity index (χ3v) is 5.08. The molecule has 3 N–H and O–H groups in total. The molecule has 0 atom stereocenters. The molecule has 0 unspecified atom stereocenters. The molecule has 0 fully saturated rings.